The molecule has 0 amide bonds. The Hall–Kier alpha value is -3.78. The van der Waals surface area contributed by atoms with Crippen LogP contribution < -0.4 is 10.1 Å². The van der Waals surface area contributed by atoms with Gasteiger partial charge in [0.25, 0.3) is 0 Å². The van der Waals surface area contributed by atoms with E-state index in [0.29, 0.717) is 34.4 Å². The molecule has 0 aliphatic carbocycles. The summed E-state index contributed by atoms with van der Waals surface area (Å²) in [7, 11) is 0. The first-order valence-corrected chi connectivity index (χ1v) is 9.04. The van der Waals surface area contributed by atoms with E-state index in [1.54, 1.807) is 56.8 Å². The molecule has 3 N–H and O–H groups in total. The predicted molar refractivity (Wildman–Crippen MR) is 109 cm³/mol. The van der Waals surface area contributed by atoms with E-state index in [9.17, 15) is 5.11 Å². The monoisotopic (exact) mass is 388 g/mol. The van der Waals surface area contributed by atoms with Crippen LogP contribution in [0.15, 0.2) is 67.3 Å². The summed E-state index contributed by atoms with van der Waals surface area (Å²) >= 11 is 0. The summed E-state index contributed by atoms with van der Waals surface area (Å²) in [6.07, 6.45) is 6.69. The Balaban J connectivity index is 1.51. The van der Waals surface area contributed by atoms with Crippen LogP contribution >= 0.6 is 0 Å². The van der Waals surface area contributed by atoms with E-state index >= 15 is 0 Å². The second-order valence-electron chi connectivity index (χ2n) is 6.91. The Morgan fingerprint density at radius 3 is 2.66 bits per heavy atom. The molecule has 4 aromatic rings. The van der Waals surface area contributed by atoms with Gasteiger partial charge in [0.2, 0.25) is 0 Å². The number of hydrogen-bond acceptors (Lipinski definition) is 7. The van der Waals surface area contributed by atoms with Crippen LogP contribution in [0.1, 0.15) is 19.5 Å². The number of rotatable bonds is 6. The standard InChI is InChI=1S/C21H20N6O2/c1-21(2,28)18-7-6-14(12-24-18)26-19-11-15(8-10-23-19)29-17-13-25-27-20(17)16-5-3-4-9-22-16/h3-13,28H,1-2H3,(H,23,26)(H,25,27). The van der Waals surface area contributed by atoms with E-state index in [4.69, 9.17) is 4.74 Å². The number of nitrogens with one attached hydrogen (secondary N) is 2. The third-order valence-electron chi connectivity index (χ3n) is 4.13. The van der Waals surface area contributed by atoms with Gasteiger partial charge >= 0.3 is 0 Å². The van der Waals surface area contributed by atoms with Crippen molar-refractivity contribution in [2.24, 2.45) is 0 Å². The summed E-state index contributed by atoms with van der Waals surface area (Å²) in [6, 6.07) is 12.8. The van der Waals surface area contributed by atoms with Crippen LogP contribution in [0.3, 0.4) is 0 Å². The fourth-order valence-corrected chi connectivity index (χ4v) is 2.69. The lowest BCUT2D eigenvalue weighted by molar-refractivity contribution is 0.0739. The molecular formula is C21H20N6O2. The van der Waals surface area contributed by atoms with Gasteiger partial charge in [-0.25, -0.2) is 4.98 Å². The van der Waals surface area contributed by atoms with Crippen LogP contribution in [-0.2, 0) is 5.60 Å². The highest BCUT2D eigenvalue weighted by Crippen LogP contribution is 2.31. The quantitative estimate of drug-likeness (QED) is 0.458. The van der Waals surface area contributed by atoms with Crippen molar-refractivity contribution in [3.8, 4) is 22.9 Å². The summed E-state index contributed by atoms with van der Waals surface area (Å²) in [6.45, 7) is 3.39. The number of anilines is 2. The van der Waals surface area contributed by atoms with Gasteiger partial charge in [-0.2, -0.15) is 5.10 Å². The number of H-pyrrole nitrogens is 1. The fourth-order valence-electron chi connectivity index (χ4n) is 2.69. The first kappa shape index (κ1) is 18.6. The van der Waals surface area contributed by atoms with Crippen molar-refractivity contribution in [2.45, 2.75) is 19.4 Å². The lowest BCUT2D eigenvalue weighted by atomic mass is 10.1. The van der Waals surface area contributed by atoms with Gasteiger partial charge in [-0.3, -0.25) is 15.1 Å². The normalized spacial score (nSPS) is 11.3. The summed E-state index contributed by atoms with van der Waals surface area (Å²) in [5.41, 5.74) is 1.70. The number of pyridine rings is 3. The lowest BCUT2D eigenvalue weighted by Gasteiger charge is -2.16. The van der Waals surface area contributed by atoms with Crippen molar-refractivity contribution in [3.05, 3.63) is 72.9 Å². The van der Waals surface area contributed by atoms with Crippen molar-refractivity contribution < 1.29 is 9.84 Å². The van der Waals surface area contributed by atoms with Crippen molar-refractivity contribution >= 4 is 11.5 Å². The van der Waals surface area contributed by atoms with E-state index in [2.05, 4.69) is 30.5 Å². The zero-order chi connectivity index (χ0) is 20.3. The second-order valence-corrected chi connectivity index (χ2v) is 6.91. The Morgan fingerprint density at radius 1 is 1.03 bits per heavy atom. The molecule has 4 aromatic heterocycles. The number of aromatic amines is 1. The van der Waals surface area contributed by atoms with Crippen LogP contribution in [0.5, 0.6) is 11.5 Å². The molecule has 0 bridgehead atoms. The van der Waals surface area contributed by atoms with Gasteiger partial charge in [0, 0.05) is 18.5 Å². The van der Waals surface area contributed by atoms with Crippen molar-refractivity contribution in [3.63, 3.8) is 0 Å². The SMILES string of the molecule is CC(C)(O)c1ccc(Nc2cc(Oc3c[nH]nc3-c3ccccn3)ccn2)cn1. The number of aliphatic hydroxyl groups is 1. The topological polar surface area (TPSA) is 109 Å². The molecule has 0 aliphatic heterocycles. The molecule has 0 spiro atoms. The largest absolute Gasteiger partial charge is 0.453 e. The lowest BCUT2D eigenvalue weighted by Crippen LogP contribution is -2.17. The van der Waals surface area contributed by atoms with Gasteiger partial charge in [0.05, 0.1) is 29.5 Å². The molecular weight excluding hydrogens is 368 g/mol. The minimum absolute atomic E-state index is 0.567. The zero-order valence-corrected chi connectivity index (χ0v) is 16.0. The maximum absolute atomic E-state index is 10.0. The molecule has 0 atom stereocenters. The maximum Gasteiger partial charge on any atom is 0.174 e. The van der Waals surface area contributed by atoms with Crippen LogP contribution in [0.4, 0.5) is 11.5 Å². The van der Waals surface area contributed by atoms with Gasteiger partial charge in [0.15, 0.2) is 11.4 Å². The Bertz CT molecular complexity index is 1090. The van der Waals surface area contributed by atoms with Gasteiger partial charge in [-0.05, 0) is 44.2 Å². The summed E-state index contributed by atoms with van der Waals surface area (Å²) < 4.78 is 5.98. The van der Waals surface area contributed by atoms with E-state index in [-0.39, 0.29) is 0 Å². The smallest absolute Gasteiger partial charge is 0.174 e. The Morgan fingerprint density at radius 2 is 1.93 bits per heavy atom. The molecule has 0 radical (unpaired) electrons. The van der Waals surface area contributed by atoms with Gasteiger partial charge in [-0.15, -0.1) is 0 Å². The van der Waals surface area contributed by atoms with Gasteiger partial charge in [-0.1, -0.05) is 6.07 Å². The predicted octanol–water partition coefficient (Wildman–Crippen LogP) is 4.03. The van der Waals surface area contributed by atoms with Crippen LogP contribution in [0.25, 0.3) is 11.4 Å². The maximum atomic E-state index is 10.0. The number of nitrogens with zero attached hydrogens (tertiary/aromatic N) is 4. The molecule has 4 rings (SSSR count). The summed E-state index contributed by atoms with van der Waals surface area (Å²) in [5.74, 6) is 1.77. The molecule has 29 heavy (non-hydrogen) atoms. The zero-order valence-electron chi connectivity index (χ0n) is 16.0. The molecule has 0 unspecified atom stereocenters. The molecule has 0 aliphatic rings. The fraction of sp³-hybridized carbons (Fsp3) is 0.143. The second kappa shape index (κ2) is 7.69. The molecule has 0 saturated carbocycles. The van der Waals surface area contributed by atoms with E-state index < -0.39 is 5.60 Å². The third-order valence-corrected chi connectivity index (χ3v) is 4.13. The summed E-state index contributed by atoms with van der Waals surface area (Å²) in [4.78, 5) is 12.9. The highest BCUT2D eigenvalue weighted by Gasteiger charge is 2.17. The molecule has 8 heteroatoms. The molecule has 0 saturated heterocycles. The van der Waals surface area contributed by atoms with E-state index in [1.807, 2.05) is 24.3 Å². The third kappa shape index (κ3) is 4.39. The molecule has 8 nitrogen and oxygen atoms in total. The minimum atomic E-state index is -0.986. The van der Waals surface area contributed by atoms with Crippen molar-refractivity contribution in [1.29, 1.82) is 0 Å². The minimum Gasteiger partial charge on any atom is -0.453 e. The number of hydrogen-bond donors (Lipinski definition) is 3. The van der Waals surface area contributed by atoms with Crippen LogP contribution in [-0.4, -0.2) is 30.3 Å². The van der Waals surface area contributed by atoms with Gasteiger partial charge in [0.1, 0.15) is 17.2 Å². The highest BCUT2D eigenvalue weighted by molar-refractivity contribution is 5.63. The number of aromatic nitrogens is 5. The molecule has 146 valence electrons. The van der Waals surface area contributed by atoms with Crippen molar-refractivity contribution in [2.75, 3.05) is 5.32 Å². The van der Waals surface area contributed by atoms with Crippen LogP contribution in [0, 0.1) is 0 Å². The van der Waals surface area contributed by atoms with Gasteiger partial charge < -0.3 is 15.2 Å². The average molecular weight is 388 g/mol. The first-order chi connectivity index (χ1) is 14.0. The van der Waals surface area contributed by atoms with E-state index in [0.717, 1.165) is 5.69 Å². The Kier molecular flexibility index (Phi) is 4.92. The molecule has 0 fully saturated rings. The first-order valence-electron chi connectivity index (χ1n) is 9.04. The Labute approximate surface area is 167 Å². The van der Waals surface area contributed by atoms with Crippen molar-refractivity contribution in [1.82, 2.24) is 25.1 Å². The van der Waals surface area contributed by atoms with E-state index in [1.165, 1.54) is 0 Å². The molecule has 0 aromatic carbocycles. The van der Waals surface area contributed by atoms with Crippen LogP contribution in [0.2, 0.25) is 0 Å². The highest BCUT2D eigenvalue weighted by atomic mass is 16.5. The summed E-state index contributed by atoms with van der Waals surface area (Å²) in [5, 5.41) is 20.2. The average Bonchev–Trinajstić information content (AvgIpc) is 3.17. The molecule has 4 heterocycles. The number of ether oxygens (including phenoxy) is 1.